The van der Waals surface area contributed by atoms with E-state index in [0.29, 0.717) is 55.0 Å². The molecule has 0 unspecified atom stereocenters. The van der Waals surface area contributed by atoms with E-state index >= 15 is 0 Å². The first-order valence-electron chi connectivity index (χ1n) is 13.8. The predicted molar refractivity (Wildman–Crippen MR) is 157 cm³/mol. The van der Waals surface area contributed by atoms with E-state index in [9.17, 15) is 9.59 Å². The topological polar surface area (TPSA) is 119 Å². The molecule has 6 heterocycles. The van der Waals surface area contributed by atoms with Gasteiger partial charge in [-0.2, -0.15) is 4.98 Å². The van der Waals surface area contributed by atoms with Crippen LogP contribution in [0, 0.1) is 0 Å². The Labute approximate surface area is 239 Å². The lowest BCUT2D eigenvalue weighted by atomic mass is 10.2. The molecule has 1 aliphatic carbocycles. The van der Waals surface area contributed by atoms with Crippen LogP contribution in [0.2, 0.25) is 0 Å². The predicted octanol–water partition coefficient (Wildman–Crippen LogP) is 5.26. The molecule has 2 aliphatic rings. The number of amides is 1. The van der Waals surface area contributed by atoms with Crippen LogP contribution in [0.5, 0.6) is 0 Å². The van der Waals surface area contributed by atoms with Gasteiger partial charge in [-0.05, 0) is 31.0 Å². The molecule has 2 fully saturated rings. The molecule has 0 aromatic carbocycles. The van der Waals surface area contributed by atoms with Crippen LogP contribution in [0.3, 0.4) is 0 Å². The fourth-order valence-corrected chi connectivity index (χ4v) is 6.60. The molecule has 5 aromatic rings. The quantitative estimate of drug-likeness (QED) is 0.290. The summed E-state index contributed by atoms with van der Waals surface area (Å²) in [6.45, 7) is 2.50. The van der Waals surface area contributed by atoms with Gasteiger partial charge in [0.05, 0.1) is 29.8 Å². The van der Waals surface area contributed by atoms with Gasteiger partial charge < -0.3 is 33.3 Å². The van der Waals surface area contributed by atoms with Crippen LogP contribution in [-0.2, 0) is 4.74 Å². The maximum Gasteiger partial charge on any atom is 0.270 e. The first-order chi connectivity index (χ1) is 20.0. The van der Waals surface area contributed by atoms with Gasteiger partial charge in [-0.3, -0.25) is 9.59 Å². The van der Waals surface area contributed by atoms with E-state index < -0.39 is 0 Å². The average molecular weight is 575 g/mol. The molecule has 1 amide bonds. The molecule has 0 atom stereocenters. The molecule has 0 bridgehead atoms. The second kappa shape index (κ2) is 10.3. The van der Waals surface area contributed by atoms with Gasteiger partial charge in [0.15, 0.2) is 11.5 Å². The van der Waals surface area contributed by atoms with Crippen molar-refractivity contribution in [2.24, 2.45) is 0 Å². The largest absolute Gasteiger partial charge is 0.456 e. The Morgan fingerprint density at radius 1 is 1.12 bits per heavy atom. The average Bonchev–Trinajstić information content (AvgIpc) is 3.78. The van der Waals surface area contributed by atoms with Crippen molar-refractivity contribution in [3.8, 4) is 10.4 Å². The monoisotopic (exact) mass is 574 g/mol. The van der Waals surface area contributed by atoms with Crippen molar-refractivity contribution in [3.05, 3.63) is 52.6 Å². The zero-order valence-corrected chi connectivity index (χ0v) is 23.7. The first-order valence-corrected chi connectivity index (χ1v) is 14.6. The number of nitrogens with zero attached hydrogens (tertiary/aromatic N) is 5. The lowest BCUT2D eigenvalue weighted by Crippen LogP contribution is -2.36. The molecular weight excluding hydrogens is 544 g/mol. The Balaban J connectivity index is 1.20. The second-order valence-corrected chi connectivity index (χ2v) is 11.7. The van der Waals surface area contributed by atoms with E-state index in [4.69, 9.17) is 18.6 Å². The van der Waals surface area contributed by atoms with Crippen molar-refractivity contribution in [2.75, 3.05) is 50.6 Å². The summed E-state index contributed by atoms with van der Waals surface area (Å²) < 4.78 is 19.4. The van der Waals surface area contributed by atoms with E-state index in [-0.39, 0.29) is 23.0 Å². The molecule has 1 saturated carbocycles. The number of furan rings is 1. The number of morpholine rings is 1. The van der Waals surface area contributed by atoms with Gasteiger partial charge in [-0.25, -0.2) is 4.98 Å². The number of aromatic nitrogens is 3. The maximum absolute atomic E-state index is 13.0. The summed E-state index contributed by atoms with van der Waals surface area (Å²) in [6.07, 6.45) is 7.67. The number of hydrogen-bond acceptors (Lipinski definition) is 10. The summed E-state index contributed by atoms with van der Waals surface area (Å²) in [4.78, 5) is 39.7. The van der Waals surface area contributed by atoms with Crippen molar-refractivity contribution in [3.63, 3.8) is 0 Å². The number of fused-ring (bicyclic) bond motifs is 2. The van der Waals surface area contributed by atoms with Gasteiger partial charge in [-0.15, -0.1) is 11.3 Å². The number of hydrogen-bond donors (Lipinski definition) is 1. The molecule has 212 valence electrons. The molecule has 1 N–H and O–H groups in total. The minimum Gasteiger partial charge on any atom is -0.456 e. The third-order valence-corrected chi connectivity index (χ3v) is 8.78. The molecule has 5 aromatic heterocycles. The highest BCUT2D eigenvalue weighted by Gasteiger charge is 2.27. The Morgan fingerprint density at radius 3 is 2.71 bits per heavy atom. The van der Waals surface area contributed by atoms with Crippen molar-refractivity contribution < 1.29 is 18.4 Å². The number of anilines is 3. The number of carbonyl (C=O) groups excluding carboxylic acids is 1. The van der Waals surface area contributed by atoms with Gasteiger partial charge in [0.25, 0.3) is 5.91 Å². The fourth-order valence-electron chi connectivity index (χ4n) is 5.69. The van der Waals surface area contributed by atoms with Gasteiger partial charge in [0.1, 0.15) is 17.6 Å². The van der Waals surface area contributed by atoms with Gasteiger partial charge >= 0.3 is 0 Å². The molecule has 7 rings (SSSR count). The summed E-state index contributed by atoms with van der Waals surface area (Å²) in [7, 11) is 3.54. The second-order valence-electron chi connectivity index (χ2n) is 10.7. The van der Waals surface area contributed by atoms with Crippen LogP contribution >= 0.6 is 11.3 Å². The Hall–Kier alpha value is -4.16. The summed E-state index contributed by atoms with van der Waals surface area (Å²) in [5, 5.41) is 4.99. The van der Waals surface area contributed by atoms with Crippen molar-refractivity contribution in [1.82, 2.24) is 19.4 Å². The first kappa shape index (κ1) is 25.8. The molecule has 0 spiro atoms. The third kappa shape index (κ3) is 4.66. The van der Waals surface area contributed by atoms with E-state index in [1.54, 1.807) is 31.5 Å². The van der Waals surface area contributed by atoms with Crippen LogP contribution in [0.15, 0.2) is 50.4 Å². The highest BCUT2D eigenvalue weighted by Crippen LogP contribution is 2.39. The number of rotatable bonds is 6. The van der Waals surface area contributed by atoms with E-state index in [0.717, 1.165) is 46.6 Å². The number of nitrogens with one attached hydrogen (secondary N) is 1. The molecule has 41 heavy (non-hydrogen) atoms. The van der Waals surface area contributed by atoms with Gasteiger partial charge in [0, 0.05) is 49.7 Å². The van der Waals surface area contributed by atoms with E-state index in [1.807, 2.05) is 23.1 Å². The Morgan fingerprint density at radius 2 is 1.93 bits per heavy atom. The molecule has 1 aliphatic heterocycles. The summed E-state index contributed by atoms with van der Waals surface area (Å²) in [5.41, 5.74) is 2.53. The molecule has 0 radical (unpaired) electrons. The van der Waals surface area contributed by atoms with Gasteiger partial charge in [0.2, 0.25) is 17.0 Å². The van der Waals surface area contributed by atoms with Crippen LogP contribution < -0.4 is 15.6 Å². The summed E-state index contributed by atoms with van der Waals surface area (Å²) in [5.74, 6) is 0.927. The summed E-state index contributed by atoms with van der Waals surface area (Å²) >= 11 is 1.48. The van der Waals surface area contributed by atoms with E-state index in [1.165, 1.54) is 17.4 Å². The zero-order chi connectivity index (χ0) is 28.1. The SMILES string of the molecule is CN(C)C(=O)c1cc2cnc(Nc3ccc(-c4coc5c(=O)cc(N6CCOCC6)oc45)s3)nc2n1C1CCCC1. The highest BCUT2D eigenvalue weighted by atomic mass is 32.1. The molecule has 1 saturated heterocycles. The van der Waals surface area contributed by atoms with Crippen LogP contribution in [0.4, 0.5) is 16.8 Å². The van der Waals surface area contributed by atoms with Crippen LogP contribution in [0.1, 0.15) is 42.2 Å². The minimum absolute atomic E-state index is 0.0388. The van der Waals surface area contributed by atoms with Crippen molar-refractivity contribution in [2.45, 2.75) is 31.7 Å². The standard InChI is InChI=1S/C29H30N6O5S/c1-33(2)28(37)20-13-17-15-30-29(32-27(17)35(20)18-5-3-4-6-18)31-23-8-7-22(41-23)19-16-39-26-21(36)14-24(40-25(19)26)34-9-11-38-12-10-34/h7-8,13-16,18H,3-6,9-12H2,1-2H3,(H,30,31,32). The molecular formula is C29H30N6O5S. The Bertz CT molecular complexity index is 1810. The molecule has 12 heteroatoms. The molecule has 11 nitrogen and oxygen atoms in total. The van der Waals surface area contributed by atoms with Crippen LogP contribution in [0.25, 0.3) is 32.6 Å². The van der Waals surface area contributed by atoms with Crippen molar-refractivity contribution >= 4 is 56.3 Å². The normalized spacial score (nSPS) is 16.2. The highest BCUT2D eigenvalue weighted by molar-refractivity contribution is 7.19. The number of ether oxygens (including phenoxy) is 1. The lowest BCUT2D eigenvalue weighted by molar-refractivity contribution is 0.0815. The summed E-state index contributed by atoms with van der Waals surface area (Å²) in [6, 6.07) is 7.51. The van der Waals surface area contributed by atoms with Crippen LogP contribution in [-0.4, -0.2) is 65.7 Å². The van der Waals surface area contributed by atoms with Crippen molar-refractivity contribution in [1.29, 1.82) is 0 Å². The fraction of sp³-hybridized carbons (Fsp3) is 0.379. The third-order valence-electron chi connectivity index (χ3n) is 7.75. The minimum atomic E-state index is -0.215. The maximum atomic E-state index is 13.0. The number of thiophene rings is 1. The van der Waals surface area contributed by atoms with E-state index in [2.05, 4.69) is 14.9 Å². The number of carbonyl (C=O) groups is 1. The lowest BCUT2D eigenvalue weighted by Gasteiger charge is -2.26. The van der Waals surface area contributed by atoms with Gasteiger partial charge in [-0.1, -0.05) is 12.8 Å². The Kier molecular flexibility index (Phi) is 6.51. The zero-order valence-electron chi connectivity index (χ0n) is 22.9. The smallest absolute Gasteiger partial charge is 0.270 e.